The lowest BCUT2D eigenvalue weighted by molar-refractivity contribution is -0.152. The van der Waals surface area contributed by atoms with Gasteiger partial charge in [0.1, 0.15) is 35.5 Å². The van der Waals surface area contributed by atoms with E-state index in [1.807, 2.05) is 27.7 Å². The van der Waals surface area contributed by atoms with Gasteiger partial charge < -0.3 is 19.7 Å². The first-order valence-corrected chi connectivity index (χ1v) is 14.7. The summed E-state index contributed by atoms with van der Waals surface area (Å²) in [6, 6.07) is 4.13. The van der Waals surface area contributed by atoms with E-state index in [-0.39, 0.29) is 19.1 Å². The van der Waals surface area contributed by atoms with Gasteiger partial charge in [0, 0.05) is 11.5 Å². The third-order valence-corrected chi connectivity index (χ3v) is 8.80. The molecular weight excluding hydrogens is 480 g/mol. The van der Waals surface area contributed by atoms with Crippen LogP contribution in [0.25, 0.3) is 0 Å². The summed E-state index contributed by atoms with van der Waals surface area (Å²) in [5.41, 5.74) is 1.39. The van der Waals surface area contributed by atoms with Gasteiger partial charge in [-0.05, 0) is 82.4 Å². The molecule has 214 valence electrons. The molecule has 2 rings (SSSR count). The topological polar surface area (TPSA) is 93.1 Å². The molecule has 1 atom stereocenters. The van der Waals surface area contributed by atoms with Crippen molar-refractivity contribution in [3.8, 4) is 11.5 Å². The summed E-state index contributed by atoms with van der Waals surface area (Å²) in [5, 5.41) is 20.0. The zero-order valence-corrected chi connectivity index (χ0v) is 24.5. The lowest BCUT2D eigenvalue weighted by Crippen LogP contribution is -2.36. The first-order chi connectivity index (χ1) is 18.1. The van der Waals surface area contributed by atoms with E-state index in [0.717, 1.165) is 56.1 Å². The highest BCUT2D eigenvalue weighted by molar-refractivity contribution is 5.75. The molecule has 6 nitrogen and oxygen atoms in total. The van der Waals surface area contributed by atoms with E-state index in [1.54, 1.807) is 0 Å². The van der Waals surface area contributed by atoms with Crippen molar-refractivity contribution in [2.75, 3.05) is 13.2 Å². The molecule has 0 fully saturated rings. The van der Waals surface area contributed by atoms with Crippen LogP contribution in [-0.4, -0.2) is 35.4 Å². The van der Waals surface area contributed by atoms with Gasteiger partial charge in [-0.1, -0.05) is 59.1 Å². The normalized spacial score (nSPS) is 16.2. The summed E-state index contributed by atoms with van der Waals surface area (Å²) < 4.78 is 12.9. The lowest BCUT2D eigenvalue weighted by atomic mass is 9.82. The molecular formula is C32H50O6. The maximum Gasteiger partial charge on any atom is 0.313 e. The molecule has 6 heteroatoms. The van der Waals surface area contributed by atoms with Crippen molar-refractivity contribution in [2.24, 2.45) is 10.8 Å². The average molecular weight is 531 g/mol. The number of aliphatic carboxylic acids is 2. The van der Waals surface area contributed by atoms with Crippen LogP contribution in [0, 0.1) is 10.8 Å². The minimum atomic E-state index is -0.961. The molecule has 2 N–H and O–H groups in total. The number of ether oxygens (including phenoxy) is 2. The van der Waals surface area contributed by atoms with Crippen LogP contribution in [0.1, 0.15) is 123 Å². The Labute approximate surface area is 229 Å². The molecule has 0 spiro atoms. The van der Waals surface area contributed by atoms with E-state index in [1.165, 1.54) is 5.57 Å². The molecule has 1 aliphatic carbocycles. The Morgan fingerprint density at radius 2 is 1.37 bits per heavy atom. The fourth-order valence-corrected chi connectivity index (χ4v) is 5.39. The number of carbonyl (C=O) groups is 2. The molecule has 0 heterocycles. The summed E-state index contributed by atoms with van der Waals surface area (Å²) in [4.78, 5) is 24.4. The van der Waals surface area contributed by atoms with Crippen molar-refractivity contribution in [2.45, 2.75) is 118 Å². The van der Waals surface area contributed by atoms with Crippen LogP contribution < -0.4 is 9.47 Å². The van der Waals surface area contributed by atoms with Gasteiger partial charge in [-0.2, -0.15) is 0 Å². The Balaban J connectivity index is 2.63. The zero-order chi connectivity index (χ0) is 28.3. The zero-order valence-electron chi connectivity index (χ0n) is 24.5. The van der Waals surface area contributed by atoms with E-state index in [2.05, 4.69) is 32.1 Å². The average Bonchev–Trinajstić information content (AvgIpc) is 2.90. The number of allylic oxidation sites excluding steroid dienone is 2. The van der Waals surface area contributed by atoms with Gasteiger partial charge in [0.15, 0.2) is 0 Å². The van der Waals surface area contributed by atoms with Crippen LogP contribution in [0.3, 0.4) is 0 Å². The number of hydrogen-bond acceptors (Lipinski definition) is 4. The van der Waals surface area contributed by atoms with Gasteiger partial charge in [0.2, 0.25) is 0 Å². The summed E-state index contributed by atoms with van der Waals surface area (Å²) in [6.07, 6.45) is 11.3. The molecule has 0 radical (unpaired) electrons. The second kappa shape index (κ2) is 14.6. The van der Waals surface area contributed by atoms with Crippen molar-refractivity contribution in [3.05, 3.63) is 34.9 Å². The van der Waals surface area contributed by atoms with E-state index in [4.69, 9.17) is 9.47 Å². The van der Waals surface area contributed by atoms with Crippen molar-refractivity contribution in [1.82, 2.24) is 0 Å². The molecule has 0 bridgehead atoms. The Morgan fingerprint density at radius 1 is 0.868 bits per heavy atom. The van der Waals surface area contributed by atoms with Crippen molar-refractivity contribution in [1.29, 1.82) is 0 Å². The van der Waals surface area contributed by atoms with Crippen LogP contribution in [0.15, 0.2) is 23.8 Å². The Hall–Kier alpha value is -2.50. The molecule has 0 aliphatic heterocycles. The summed E-state index contributed by atoms with van der Waals surface area (Å²) in [5.74, 6) is -0.267. The maximum absolute atomic E-state index is 12.2. The van der Waals surface area contributed by atoms with Crippen LogP contribution >= 0.6 is 0 Å². The maximum atomic E-state index is 12.2. The van der Waals surface area contributed by atoms with Crippen LogP contribution in [0.4, 0.5) is 0 Å². The minimum absolute atomic E-state index is 0.0726. The Bertz CT molecular complexity index is 900. The van der Waals surface area contributed by atoms with Crippen LogP contribution in [0.2, 0.25) is 0 Å². The fraction of sp³-hybridized carbons (Fsp3) is 0.688. The summed E-state index contributed by atoms with van der Waals surface area (Å²) in [7, 11) is 0. The van der Waals surface area contributed by atoms with E-state index in [9.17, 15) is 19.8 Å². The Morgan fingerprint density at radius 3 is 1.76 bits per heavy atom. The third-order valence-electron chi connectivity index (χ3n) is 8.80. The molecule has 1 unspecified atom stereocenters. The summed E-state index contributed by atoms with van der Waals surface area (Å²) >= 11 is 0. The predicted molar refractivity (Wildman–Crippen MR) is 152 cm³/mol. The number of unbranched alkanes of at least 4 members (excludes halogenated alkanes) is 2. The SMILES string of the molecule is CCCCCc1cc(OCC(CC)(CC)C(=O)O)c(C2C=C(C)CCC2)c(OCC(CC)(CC)C(=O)O)c1. The second-order valence-electron chi connectivity index (χ2n) is 11.1. The van der Waals surface area contributed by atoms with Crippen molar-refractivity contribution < 1.29 is 29.3 Å². The molecule has 1 aliphatic rings. The van der Waals surface area contributed by atoms with Gasteiger partial charge in [-0.3, -0.25) is 9.59 Å². The molecule has 0 saturated carbocycles. The van der Waals surface area contributed by atoms with Gasteiger partial charge in [0.05, 0.1) is 0 Å². The molecule has 1 aromatic carbocycles. The third kappa shape index (κ3) is 7.54. The van der Waals surface area contributed by atoms with Gasteiger partial charge >= 0.3 is 11.9 Å². The van der Waals surface area contributed by atoms with Crippen molar-refractivity contribution in [3.63, 3.8) is 0 Å². The fourth-order valence-electron chi connectivity index (χ4n) is 5.39. The standard InChI is InChI=1S/C32H50O6/c1-7-12-13-16-24-19-26(37-21-31(8-2,9-3)29(33)34)28(25-17-14-15-23(6)18-25)27(20-24)38-22-32(10-4,11-5)30(35)36/h18-20,25H,7-17,21-22H2,1-6H3,(H,33,34)(H,35,36). The number of carboxylic acid groups (broad SMARTS) is 2. The molecule has 1 aromatic rings. The molecule has 38 heavy (non-hydrogen) atoms. The monoisotopic (exact) mass is 530 g/mol. The highest BCUT2D eigenvalue weighted by atomic mass is 16.5. The number of carboxylic acids is 2. The van der Waals surface area contributed by atoms with Crippen LogP contribution in [0.5, 0.6) is 11.5 Å². The number of aryl methyl sites for hydroxylation is 1. The largest absolute Gasteiger partial charge is 0.492 e. The van der Waals surface area contributed by atoms with Crippen LogP contribution in [-0.2, 0) is 16.0 Å². The quantitative estimate of drug-likeness (QED) is 0.156. The molecule has 0 aromatic heterocycles. The van der Waals surface area contributed by atoms with Gasteiger partial charge in [-0.25, -0.2) is 0 Å². The van der Waals surface area contributed by atoms with Gasteiger partial charge in [0.25, 0.3) is 0 Å². The number of rotatable bonds is 17. The van der Waals surface area contributed by atoms with E-state index in [0.29, 0.717) is 37.2 Å². The molecule has 0 saturated heterocycles. The predicted octanol–water partition coefficient (Wildman–Crippen LogP) is 8.17. The van der Waals surface area contributed by atoms with E-state index >= 15 is 0 Å². The first kappa shape index (κ1) is 31.7. The summed E-state index contributed by atoms with van der Waals surface area (Å²) in [6.45, 7) is 12.1. The highest BCUT2D eigenvalue weighted by Gasteiger charge is 2.38. The first-order valence-electron chi connectivity index (χ1n) is 14.7. The second-order valence-corrected chi connectivity index (χ2v) is 11.1. The van der Waals surface area contributed by atoms with E-state index < -0.39 is 22.8 Å². The van der Waals surface area contributed by atoms with Crippen molar-refractivity contribution >= 4 is 11.9 Å². The Kier molecular flexibility index (Phi) is 12.2. The smallest absolute Gasteiger partial charge is 0.313 e. The molecule has 0 amide bonds. The lowest BCUT2D eigenvalue weighted by Gasteiger charge is -2.31. The highest BCUT2D eigenvalue weighted by Crippen LogP contribution is 2.44. The number of hydrogen-bond donors (Lipinski definition) is 2. The minimum Gasteiger partial charge on any atom is -0.492 e. The van der Waals surface area contributed by atoms with Gasteiger partial charge in [-0.15, -0.1) is 0 Å². The number of benzene rings is 1.